The normalized spacial score (nSPS) is 20.7. The summed E-state index contributed by atoms with van der Waals surface area (Å²) in [5, 5.41) is 40.9. The number of ether oxygens (including phenoxy) is 1. The Balaban J connectivity index is 2.09. The first-order chi connectivity index (χ1) is 9.89. The van der Waals surface area contributed by atoms with Gasteiger partial charge in [-0.05, 0) is 30.3 Å². The number of hydrogen-bond acceptors (Lipinski definition) is 6. The molecule has 3 N–H and O–H groups in total. The smallest absolute Gasteiger partial charge is 0.242 e. The van der Waals surface area contributed by atoms with Crippen molar-refractivity contribution in [3.63, 3.8) is 0 Å². The molecule has 2 aromatic carbocycles. The van der Waals surface area contributed by atoms with Crippen molar-refractivity contribution in [2.45, 2.75) is 12.2 Å². The Kier molecular flexibility index (Phi) is 2.77. The van der Waals surface area contributed by atoms with Crippen molar-refractivity contribution in [3.05, 3.63) is 47.5 Å². The lowest BCUT2D eigenvalue weighted by atomic mass is 9.92. The Hall–Kier alpha value is -2.73. The molecule has 6 nitrogen and oxygen atoms in total. The maximum Gasteiger partial charge on any atom is 0.242 e. The molecule has 0 radical (unpaired) electrons. The monoisotopic (exact) mass is 287 g/mol. The van der Waals surface area contributed by atoms with Gasteiger partial charge in [-0.1, -0.05) is 5.75 Å². The second-order valence-corrected chi connectivity index (χ2v) is 4.85. The van der Waals surface area contributed by atoms with Gasteiger partial charge in [0.1, 0.15) is 17.2 Å². The number of fused-ring (bicyclic) bond motifs is 1. The van der Waals surface area contributed by atoms with E-state index in [1.54, 1.807) is 0 Å². The molecule has 1 atom stereocenters. The predicted molar refractivity (Wildman–Crippen MR) is 69.1 cm³/mol. The first-order valence-corrected chi connectivity index (χ1v) is 6.17. The Morgan fingerprint density at radius 1 is 1.10 bits per heavy atom. The molecule has 0 saturated carbocycles. The number of Topliss-reactive ketones (excluding diaryl/α,β-unsaturated/α-hetero) is 1. The molecule has 6 heteroatoms. The van der Waals surface area contributed by atoms with Gasteiger partial charge in [-0.3, -0.25) is 4.79 Å². The van der Waals surface area contributed by atoms with Gasteiger partial charge in [0.15, 0.2) is 5.78 Å². The topological polar surface area (TPSA) is 110 Å². The third-order valence-corrected chi connectivity index (χ3v) is 3.33. The molecule has 0 saturated heterocycles. The molecular weight excluding hydrogens is 276 g/mol. The van der Waals surface area contributed by atoms with Gasteiger partial charge in [0.2, 0.25) is 5.79 Å². The molecule has 0 aromatic heterocycles. The standard InChI is InChI=1S/C15H12O6/c16-9-3-1-8(2-4-9)15(20)7-12(19)14-11(18)5-10(17)6-13(14)21-15/h1-6,16-18,20H,7H2/p-1. The Labute approximate surface area is 119 Å². The summed E-state index contributed by atoms with van der Waals surface area (Å²) in [5.41, 5.74) is 0.0753. The lowest BCUT2D eigenvalue weighted by Crippen LogP contribution is -2.39. The number of benzene rings is 2. The molecule has 108 valence electrons. The van der Waals surface area contributed by atoms with E-state index in [9.17, 15) is 25.2 Å². The molecule has 1 heterocycles. The van der Waals surface area contributed by atoms with E-state index in [1.165, 1.54) is 24.3 Å². The minimum Gasteiger partial charge on any atom is -0.872 e. The number of aliphatic hydroxyl groups is 1. The predicted octanol–water partition coefficient (Wildman–Crippen LogP) is 0.982. The number of aromatic hydroxyl groups is 2. The van der Waals surface area contributed by atoms with Gasteiger partial charge in [-0.25, -0.2) is 0 Å². The first-order valence-electron chi connectivity index (χ1n) is 6.17. The minimum atomic E-state index is -1.95. The fourth-order valence-electron chi connectivity index (χ4n) is 2.34. The lowest BCUT2D eigenvalue weighted by molar-refractivity contribution is -0.269. The molecule has 0 aliphatic carbocycles. The number of carbonyl (C=O) groups excluding carboxylic acids is 1. The van der Waals surface area contributed by atoms with Crippen molar-refractivity contribution in [2.75, 3.05) is 0 Å². The lowest BCUT2D eigenvalue weighted by Gasteiger charge is -2.35. The second kappa shape index (κ2) is 4.39. The van der Waals surface area contributed by atoms with Gasteiger partial charge in [0, 0.05) is 11.6 Å². The third kappa shape index (κ3) is 2.15. The van der Waals surface area contributed by atoms with Crippen LogP contribution in [0, 0.1) is 0 Å². The third-order valence-electron chi connectivity index (χ3n) is 3.33. The van der Waals surface area contributed by atoms with Crippen LogP contribution in [0.25, 0.3) is 0 Å². The fourth-order valence-corrected chi connectivity index (χ4v) is 2.34. The molecule has 2 aromatic rings. The SMILES string of the molecule is O=C1CC(O)(c2ccc(O)cc2)Oc2cc(O)cc([O-])c21. The van der Waals surface area contributed by atoms with Crippen LogP contribution < -0.4 is 9.84 Å². The van der Waals surface area contributed by atoms with E-state index in [0.29, 0.717) is 0 Å². The molecule has 1 aliphatic rings. The number of rotatable bonds is 1. The Morgan fingerprint density at radius 2 is 1.76 bits per heavy atom. The van der Waals surface area contributed by atoms with E-state index in [0.717, 1.165) is 12.1 Å². The summed E-state index contributed by atoms with van der Waals surface area (Å²) < 4.78 is 5.37. The number of hydrogen-bond donors (Lipinski definition) is 3. The van der Waals surface area contributed by atoms with Crippen LogP contribution in [0.5, 0.6) is 23.0 Å². The summed E-state index contributed by atoms with van der Waals surface area (Å²) in [7, 11) is 0. The van der Waals surface area contributed by atoms with Crippen LogP contribution in [0.4, 0.5) is 0 Å². The first kappa shape index (κ1) is 13.3. The Bertz CT molecular complexity index is 722. The van der Waals surface area contributed by atoms with Crippen LogP contribution >= 0.6 is 0 Å². The number of carbonyl (C=O) groups is 1. The van der Waals surface area contributed by atoms with Crippen LogP contribution in [0.1, 0.15) is 22.3 Å². The summed E-state index contributed by atoms with van der Waals surface area (Å²) >= 11 is 0. The van der Waals surface area contributed by atoms with E-state index in [1.807, 2.05) is 0 Å². The summed E-state index contributed by atoms with van der Waals surface area (Å²) in [6.45, 7) is 0. The van der Waals surface area contributed by atoms with Crippen molar-refractivity contribution >= 4 is 5.78 Å². The average Bonchev–Trinajstić information content (AvgIpc) is 2.37. The molecule has 1 unspecified atom stereocenters. The average molecular weight is 287 g/mol. The maximum atomic E-state index is 12.1. The van der Waals surface area contributed by atoms with Crippen molar-refractivity contribution in [1.29, 1.82) is 0 Å². The summed E-state index contributed by atoms with van der Waals surface area (Å²) in [5.74, 6) is -3.67. The molecule has 0 fully saturated rings. The maximum absolute atomic E-state index is 12.1. The van der Waals surface area contributed by atoms with Crippen LogP contribution in [-0.4, -0.2) is 21.1 Å². The van der Waals surface area contributed by atoms with Crippen molar-refractivity contribution in [3.8, 4) is 23.0 Å². The molecular formula is C15H11O6-. The molecule has 0 spiro atoms. The van der Waals surface area contributed by atoms with E-state index in [-0.39, 0.29) is 28.4 Å². The van der Waals surface area contributed by atoms with Gasteiger partial charge < -0.3 is 25.2 Å². The summed E-state index contributed by atoms with van der Waals surface area (Å²) in [6, 6.07) is 7.55. The fraction of sp³-hybridized carbons (Fsp3) is 0.133. The quantitative estimate of drug-likeness (QED) is 0.721. The Morgan fingerprint density at radius 3 is 2.43 bits per heavy atom. The highest BCUT2D eigenvalue weighted by molar-refractivity contribution is 6.02. The number of phenols is 2. The van der Waals surface area contributed by atoms with Gasteiger partial charge in [-0.15, -0.1) is 0 Å². The molecule has 21 heavy (non-hydrogen) atoms. The molecule has 0 bridgehead atoms. The van der Waals surface area contributed by atoms with Gasteiger partial charge in [0.25, 0.3) is 0 Å². The largest absolute Gasteiger partial charge is 0.872 e. The number of phenolic OH excluding ortho intramolecular Hbond substituents is 2. The zero-order valence-corrected chi connectivity index (χ0v) is 10.7. The highest BCUT2D eigenvalue weighted by atomic mass is 16.6. The summed E-state index contributed by atoms with van der Waals surface area (Å²) in [6.07, 6.45) is -0.426. The van der Waals surface area contributed by atoms with E-state index < -0.39 is 23.7 Å². The molecule has 1 aliphatic heterocycles. The molecule has 3 rings (SSSR count). The minimum absolute atomic E-state index is 0.00405. The number of ketones is 1. The van der Waals surface area contributed by atoms with Crippen molar-refractivity contribution < 1.29 is 30.0 Å². The van der Waals surface area contributed by atoms with Crippen LogP contribution in [0.3, 0.4) is 0 Å². The highest BCUT2D eigenvalue weighted by Crippen LogP contribution is 2.42. The molecule has 0 amide bonds. The van der Waals surface area contributed by atoms with E-state index in [2.05, 4.69) is 0 Å². The van der Waals surface area contributed by atoms with E-state index in [4.69, 9.17) is 4.74 Å². The van der Waals surface area contributed by atoms with Crippen LogP contribution in [0.2, 0.25) is 0 Å². The van der Waals surface area contributed by atoms with Crippen LogP contribution in [0.15, 0.2) is 36.4 Å². The van der Waals surface area contributed by atoms with Crippen molar-refractivity contribution in [2.24, 2.45) is 0 Å². The van der Waals surface area contributed by atoms with Gasteiger partial charge in [0.05, 0.1) is 12.0 Å². The van der Waals surface area contributed by atoms with Crippen LogP contribution in [-0.2, 0) is 5.79 Å². The van der Waals surface area contributed by atoms with E-state index >= 15 is 0 Å². The van der Waals surface area contributed by atoms with Gasteiger partial charge in [-0.2, -0.15) is 0 Å². The van der Waals surface area contributed by atoms with Crippen molar-refractivity contribution in [1.82, 2.24) is 0 Å². The second-order valence-electron chi connectivity index (χ2n) is 4.85. The zero-order chi connectivity index (χ0) is 15.2. The summed E-state index contributed by atoms with van der Waals surface area (Å²) in [4.78, 5) is 12.1. The zero-order valence-electron chi connectivity index (χ0n) is 10.7. The van der Waals surface area contributed by atoms with Gasteiger partial charge >= 0.3 is 0 Å². The highest BCUT2D eigenvalue weighted by Gasteiger charge is 2.40.